The first-order chi connectivity index (χ1) is 14.9. The normalized spacial score (nSPS) is 12.3. The van der Waals surface area contributed by atoms with Gasteiger partial charge in [0.1, 0.15) is 0 Å². The lowest BCUT2D eigenvalue weighted by atomic mass is 10.0. The molecule has 0 radical (unpaired) electrons. The Kier molecular flexibility index (Phi) is 4.03. The van der Waals surface area contributed by atoms with Crippen LogP contribution in [0, 0.1) is 0 Å². The minimum Gasteiger partial charge on any atom is -0.339 e. The van der Waals surface area contributed by atoms with E-state index in [-0.39, 0.29) is 0 Å². The van der Waals surface area contributed by atoms with Crippen molar-refractivity contribution in [2.24, 2.45) is 0 Å². The lowest BCUT2D eigenvalue weighted by Gasteiger charge is -2.09. The highest BCUT2D eigenvalue weighted by atomic mass is 15.1. The predicted octanol–water partition coefficient (Wildman–Crippen LogP) is 5.70. The van der Waals surface area contributed by atoms with Gasteiger partial charge in [-0.3, -0.25) is 0 Å². The van der Waals surface area contributed by atoms with E-state index in [4.69, 9.17) is 4.98 Å². The highest BCUT2D eigenvalue weighted by Crippen LogP contribution is 2.42. The number of hydrogen-bond acceptors (Lipinski definition) is 2. The van der Waals surface area contributed by atoms with Crippen molar-refractivity contribution < 1.29 is 0 Å². The summed E-state index contributed by atoms with van der Waals surface area (Å²) in [5.74, 6) is 0. The number of nitrogens with one attached hydrogen (secondary N) is 3. The summed E-state index contributed by atoms with van der Waals surface area (Å²) >= 11 is 0. The van der Waals surface area contributed by atoms with Gasteiger partial charge in [-0.15, -0.1) is 0 Å². The van der Waals surface area contributed by atoms with Crippen LogP contribution in [0.15, 0.2) is 54.7 Å². The summed E-state index contributed by atoms with van der Waals surface area (Å²) in [7, 11) is 0. The van der Waals surface area contributed by atoms with Gasteiger partial charge in [0.05, 0.1) is 22.1 Å². The Morgan fingerprint density at radius 2 is 1.77 bits per heavy atom. The topological polar surface area (TPSA) is 61.4 Å². The van der Waals surface area contributed by atoms with Gasteiger partial charge in [0, 0.05) is 45.2 Å². The summed E-state index contributed by atoms with van der Waals surface area (Å²) in [5, 5.41) is 16.3. The zero-order chi connectivity index (χ0) is 20.1. The molecule has 30 heavy (non-hydrogen) atoms. The molecule has 0 spiro atoms. The number of aromatic nitrogens is 4. The van der Waals surface area contributed by atoms with Gasteiger partial charge in [-0.05, 0) is 38.1 Å². The summed E-state index contributed by atoms with van der Waals surface area (Å²) < 4.78 is 2.50. The smallest absolute Gasteiger partial charge is 0.0981 e. The highest BCUT2D eigenvalue weighted by Gasteiger charge is 2.21. The molecule has 0 aliphatic heterocycles. The second-order valence-electron chi connectivity index (χ2n) is 8.01. The quantitative estimate of drug-likeness (QED) is 0.317. The van der Waals surface area contributed by atoms with E-state index in [1.165, 1.54) is 44.4 Å². The molecule has 0 atom stereocenters. The average Bonchev–Trinajstić information content (AvgIpc) is 3.47. The number of para-hydroxylation sites is 2. The largest absolute Gasteiger partial charge is 0.339 e. The van der Waals surface area contributed by atoms with Crippen LogP contribution in [-0.2, 0) is 6.54 Å². The van der Waals surface area contributed by atoms with Crippen LogP contribution < -0.4 is 5.32 Å². The van der Waals surface area contributed by atoms with Gasteiger partial charge in [-0.2, -0.15) is 0 Å². The first-order valence-corrected chi connectivity index (χ1v) is 10.9. The molecule has 0 amide bonds. The fourth-order valence-electron chi connectivity index (χ4n) is 4.98. The van der Waals surface area contributed by atoms with E-state index in [9.17, 15) is 0 Å². The molecule has 150 valence electrons. The third-order valence-electron chi connectivity index (χ3n) is 6.28. The lowest BCUT2D eigenvalue weighted by Crippen LogP contribution is -2.14. The number of aromatic amines is 2. The molecule has 0 unspecified atom stereocenters. The third kappa shape index (κ3) is 2.42. The molecular formula is C25H25N5. The van der Waals surface area contributed by atoms with Crippen molar-refractivity contribution in [2.75, 3.05) is 13.1 Å². The van der Waals surface area contributed by atoms with E-state index in [1.807, 2.05) is 0 Å². The van der Waals surface area contributed by atoms with E-state index in [1.54, 1.807) is 0 Å². The molecule has 5 heteroatoms. The summed E-state index contributed by atoms with van der Waals surface area (Å²) in [4.78, 5) is 5.12. The molecule has 6 rings (SSSR count). The molecule has 3 aromatic heterocycles. The first kappa shape index (κ1) is 17.5. The van der Waals surface area contributed by atoms with Gasteiger partial charge >= 0.3 is 0 Å². The minimum atomic E-state index is 0.993. The second kappa shape index (κ2) is 6.89. The second-order valence-corrected chi connectivity index (χ2v) is 8.01. The molecule has 6 aromatic rings. The van der Waals surface area contributed by atoms with Gasteiger partial charge in [-0.25, -0.2) is 4.98 Å². The zero-order valence-electron chi connectivity index (χ0n) is 17.1. The van der Waals surface area contributed by atoms with Crippen LogP contribution >= 0.6 is 0 Å². The minimum absolute atomic E-state index is 0.993. The first-order valence-electron chi connectivity index (χ1n) is 10.9. The Hall–Kier alpha value is -3.31. The molecule has 0 saturated carbocycles. The summed E-state index contributed by atoms with van der Waals surface area (Å²) in [5.41, 5.74) is 5.84. The Balaban J connectivity index is 1.71. The fourth-order valence-corrected chi connectivity index (χ4v) is 4.98. The number of benzene rings is 3. The summed E-state index contributed by atoms with van der Waals surface area (Å²) in [6.07, 6.45) is 4.40. The van der Waals surface area contributed by atoms with Crippen LogP contribution in [-0.4, -0.2) is 32.8 Å². The molecule has 0 aliphatic carbocycles. The van der Waals surface area contributed by atoms with Crippen LogP contribution in [0.4, 0.5) is 0 Å². The predicted molar refractivity (Wildman–Crippen MR) is 126 cm³/mol. The molecule has 5 nitrogen and oxygen atoms in total. The number of hydrogen-bond donors (Lipinski definition) is 3. The monoisotopic (exact) mass is 395 g/mol. The third-order valence-corrected chi connectivity index (χ3v) is 6.28. The van der Waals surface area contributed by atoms with Crippen molar-refractivity contribution in [3.8, 4) is 0 Å². The number of H-pyrrole nitrogens is 2. The van der Waals surface area contributed by atoms with Crippen molar-refractivity contribution in [3.63, 3.8) is 0 Å². The van der Waals surface area contributed by atoms with Gasteiger partial charge in [-0.1, -0.05) is 43.3 Å². The van der Waals surface area contributed by atoms with E-state index in [0.29, 0.717) is 0 Å². The summed E-state index contributed by atoms with van der Waals surface area (Å²) in [6.45, 7) is 5.25. The lowest BCUT2D eigenvalue weighted by molar-refractivity contribution is 0.594. The number of rotatable bonds is 6. The van der Waals surface area contributed by atoms with Crippen LogP contribution in [0.5, 0.6) is 0 Å². The Morgan fingerprint density at radius 3 is 2.67 bits per heavy atom. The van der Waals surface area contributed by atoms with Gasteiger partial charge in [0.15, 0.2) is 0 Å². The number of aryl methyl sites for hydroxylation is 1. The molecule has 0 fully saturated rings. The van der Waals surface area contributed by atoms with E-state index < -0.39 is 0 Å². The van der Waals surface area contributed by atoms with Crippen molar-refractivity contribution in [3.05, 3.63) is 54.7 Å². The number of fused-ring (bicyclic) bond motifs is 10. The molecule has 3 aromatic carbocycles. The van der Waals surface area contributed by atoms with Crippen LogP contribution in [0.3, 0.4) is 0 Å². The molecule has 0 saturated heterocycles. The van der Waals surface area contributed by atoms with Gasteiger partial charge in [0.25, 0.3) is 0 Å². The average molecular weight is 396 g/mol. The maximum absolute atomic E-state index is 5.12. The van der Waals surface area contributed by atoms with Crippen molar-refractivity contribution >= 4 is 54.5 Å². The van der Waals surface area contributed by atoms with E-state index in [0.717, 1.165) is 42.6 Å². The number of nitrogens with zero attached hydrogens (tertiary/aromatic N) is 2. The highest BCUT2D eigenvalue weighted by molar-refractivity contribution is 6.34. The van der Waals surface area contributed by atoms with Crippen molar-refractivity contribution in [1.29, 1.82) is 0 Å². The molecule has 0 bridgehead atoms. The van der Waals surface area contributed by atoms with Crippen molar-refractivity contribution in [2.45, 2.75) is 26.3 Å². The molecular weight excluding hydrogens is 370 g/mol. The maximum atomic E-state index is 5.12. The Morgan fingerprint density at radius 1 is 0.933 bits per heavy atom. The van der Waals surface area contributed by atoms with E-state index in [2.05, 4.69) is 81.7 Å². The Bertz CT molecular complexity index is 1510. The molecule has 0 aliphatic rings. The maximum Gasteiger partial charge on any atom is 0.0981 e. The van der Waals surface area contributed by atoms with Gasteiger partial charge < -0.3 is 20.1 Å². The molecule has 3 N–H and O–H groups in total. The van der Waals surface area contributed by atoms with Crippen molar-refractivity contribution in [1.82, 2.24) is 25.1 Å². The molecule has 3 heterocycles. The SMILES string of the molecule is CCNCCCCn1c2ccccc2c2c3c[nH][nH]c3c3c4ccccc4nc3c21. The number of unbranched alkanes of at least 4 members (excludes halogenated alkanes) is 1. The van der Waals surface area contributed by atoms with Crippen LogP contribution in [0.2, 0.25) is 0 Å². The fraction of sp³-hybridized carbons (Fsp3) is 0.240. The van der Waals surface area contributed by atoms with E-state index >= 15 is 0 Å². The Labute approximate surface area is 174 Å². The van der Waals surface area contributed by atoms with Crippen LogP contribution in [0.1, 0.15) is 19.8 Å². The summed E-state index contributed by atoms with van der Waals surface area (Å²) in [6, 6.07) is 17.2. The standard InChI is InChI=1S/C25H25N5/c1-2-26-13-7-8-14-30-20-12-6-4-10-17(20)21-18-15-27-29-23(18)22-16-9-3-5-11-19(16)28-24(22)25(21)30/h3-6,9-12,15,26-27,29H,2,7-8,13-14H2,1H3. The van der Waals surface area contributed by atoms with Crippen LogP contribution in [0.25, 0.3) is 54.5 Å². The zero-order valence-corrected chi connectivity index (χ0v) is 17.1. The van der Waals surface area contributed by atoms with Gasteiger partial charge in [0.2, 0.25) is 0 Å².